The van der Waals surface area contributed by atoms with E-state index in [-0.39, 0.29) is 23.8 Å². The number of halogens is 3. The molecule has 1 N–H and O–H groups in total. The monoisotopic (exact) mass is 373 g/mol. The van der Waals surface area contributed by atoms with Crippen molar-refractivity contribution in [1.82, 2.24) is 5.32 Å². The van der Waals surface area contributed by atoms with Crippen LogP contribution in [0.4, 0.5) is 10.1 Å². The molecule has 0 aromatic heterocycles. The van der Waals surface area contributed by atoms with Crippen molar-refractivity contribution in [2.45, 2.75) is 24.1 Å². The number of nitriles is 1. The summed E-state index contributed by atoms with van der Waals surface area (Å²) in [4.78, 5) is 13.7. The van der Waals surface area contributed by atoms with Gasteiger partial charge >= 0.3 is 0 Å². The van der Waals surface area contributed by atoms with E-state index in [9.17, 15) is 9.18 Å². The van der Waals surface area contributed by atoms with Crippen LogP contribution in [0.3, 0.4) is 0 Å². The van der Waals surface area contributed by atoms with Crippen molar-refractivity contribution < 1.29 is 9.18 Å². The zero-order valence-corrected chi connectivity index (χ0v) is 14.6. The number of hydrogen-bond donors (Lipinski definition) is 1. The molecule has 0 radical (unpaired) electrons. The van der Waals surface area contributed by atoms with Gasteiger partial charge < -0.3 is 10.2 Å². The molecule has 1 saturated carbocycles. The lowest BCUT2D eigenvalue weighted by atomic mass is 10.1. The van der Waals surface area contributed by atoms with Gasteiger partial charge in [-0.3, -0.25) is 4.79 Å². The SMILES string of the molecule is C[C@]1(C(=O)NC(=S)N(CCC#N)c2ccccc2F)CC1(Cl)Cl. The van der Waals surface area contributed by atoms with E-state index in [2.05, 4.69) is 5.32 Å². The summed E-state index contributed by atoms with van der Waals surface area (Å²) in [6, 6.07) is 7.97. The van der Waals surface area contributed by atoms with Gasteiger partial charge in [0.05, 0.1) is 23.6 Å². The molecule has 2 rings (SSSR count). The van der Waals surface area contributed by atoms with Crippen LogP contribution in [0, 0.1) is 22.6 Å². The molecule has 1 fully saturated rings. The van der Waals surface area contributed by atoms with Crippen LogP contribution in [0.5, 0.6) is 0 Å². The van der Waals surface area contributed by atoms with Crippen LogP contribution >= 0.6 is 35.4 Å². The summed E-state index contributed by atoms with van der Waals surface area (Å²) >= 11 is 17.2. The van der Waals surface area contributed by atoms with E-state index in [0.717, 1.165) is 0 Å². The molecule has 4 nitrogen and oxygen atoms in total. The minimum absolute atomic E-state index is 0.00704. The zero-order valence-electron chi connectivity index (χ0n) is 12.3. The van der Waals surface area contributed by atoms with Gasteiger partial charge in [-0.25, -0.2) is 4.39 Å². The molecule has 122 valence electrons. The van der Waals surface area contributed by atoms with Gasteiger partial charge in [-0.05, 0) is 37.7 Å². The van der Waals surface area contributed by atoms with Crippen molar-refractivity contribution in [2.75, 3.05) is 11.4 Å². The van der Waals surface area contributed by atoms with Crippen molar-refractivity contribution in [1.29, 1.82) is 5.26 Å². The highest BCUT2D eigenvalue weighted by Gasteiger charge is 2.68. The predicted molar refractivity (Wildman–Crippen MR) is 91.9 cm³/mol. The molecule has 1 aliphatic rings. The van der Waals surface area contributed by atoms with Crippen LogP contribution in [0.2, 0.25) is 0 Å². The normalized spacial score (nSPS) is 21.2. The van der Waals surface area contributed by atoms with Gasteiger partial charge in [-0.1, -0.05) is 12.1 Å². The summed E-state index contributed by atoms with van der Waals surface area (Å²) in [5.74, 6) is -0.922. The molecule has 1 aliphatic carbocycles. The van der Waals surface area contributed by atoms with Gasteiger partial charge in [0, 0.05) is 6.54 Å². The standard InChI is InChI=1S/C15H14Cl2FN3OS/c1-14(9-15(14,16)17)12(22)20-13(23)21(8-4-7-19)11-6-3-2-5-10(11)18/h2-3,5-6H,4,8-9H2,1H3,(H,20,22,23)/t14-/m1/s1. The first-order valence-corrected chi connectivity index (χ1v) is 8.01. The van der Waals surface area contributed by atoms with E-state index in [4.69, 9.17) is 40.7 Å². The highest BCUT2D eigenvalue weighted by molar-refractivity contribution is 7.80. The number of rotatable bonds is 4. The number of nitrogens with one attached hydrogen (secondary N) is 1. The van der Waals surface area contributed by atoms with Gasteiger partial charge in [0.15, 0.2) is 5.11 Å². The van der Waals surface area contributed by atoms with Crippen molar-refractivity contribution >= 4 is 52.1 Å². The second kappa shape index (κ2) is 6.60. The molecule has 0 heterocycles. The van der Waals surface area contributed by atoms with E-state index in [1.165, 1.54) is 17.0 Å². The van der Waals surface area contributed by atoms with Crippen molar-refractivity contribution in [2.24, 2.45) is 5.41 Å². The van der Waals surface area contributed by atoms with E-state index in [1.807, 2.05) is 6.07 Å². The highest BCUT2D eigenvalue weighted by Crippen LogP contribution is 2.63. The van der Waals surface area contributed by atoms with E-state index in [0.29, 0.717) is 6.42 Å². The smallest absolute Gasteiger partial charge is 0.235 e. The molecule has 1 amide bonds. The van der Waals surface area contributed by atoms with Gasteiger partial charge in [-0.2, -0.15) is 5.26 Å². The second-order valence-electron chi connectivity index (χ2n) is 5.48. The highest BCUT2D eigenvalue weighted by atomic mass is 35.5. The Labute approximate surface area is 149 Å². The summed E-state index contributed by atoms with van der Waals surface area (Å²) in [6.07, 6.45) is 0.437. The molecule has 0 spiro atoms. The summed E-state index contributed by atoms with van der Waals surface area (Å²) in [5, 5.41) is 11.3. The first-order valence-electron chi connectivity index (χ1n) is 6.85. The molecule has 1 aromatic carbocycles. The zero-order chi connectivity index (χ0) is 17.3. The third-order valence-electron chi connectivity index (χ3n) is 3.82. The molecule has 0 unspecified atom stereocenters. The summed E-state index contributed by atoms with van der Waals surface area (Å²) < 4.78 is 12.9. The third kappa shape index (κ3) is 3.57. The Morgan fingerprint density at radius 3 is 2.65 bits per heavy atom. The molecule has 1 aromatic rings. The second-order valence-corrected chi connectivity index (χ2v) is 7.35. The Balaban J connectivity index is 2.17. The number of anilines is 1. The van der Waals surface area contributed by atoms with Crippen LogP contribution in [-0.4, -0.2) is 21.9 Å². The molecule has 8 heteroatoms. The molecule has 23 heavy (non-hydrogen) atoms. The van der Waals surface area contributed by atoms with E-state index >= 15 is 0 Å². The third-order valence-corrected chi connectivity index (χ3v) is 5.24. The molecule has 0 aliphatic heterocycles. The Morgan fingerprint density at radius 2 is 2.13 bits per heavy atom. The minimum Gasteiger partial charge on any atom is -0.315 e. The molecule has 0 bridgehead atoms. The Bertz CT molecular complexity index is 692. The first kappa shape index (κ1) is 17.9. The first-order chi connectivity index (χ1) is 10.7. The topological polar surface area (TPSA) is 56.1 Å². The van der Waals surface area contributed by atoms with Crippen molar-refractivity contribution in [3.05, 3.63) is 30.1 Å². The fraction of sp³-hybridized carbons (Fsp3) is 0.400. The lowest BCUT2D eigenvalue weighted by Crippen LogP contribution is -2.46. The number of carbonyl (C=O) groups is 1. The molecular weight excluding hydrogens is 360 g/mol. The quantitative estimate of drug-likeness (QED) is 0.647. The van der Waals surface area contributed by atoms with Crippen LogP contribution in [0.15, 0.2) is 24.3 Å². The lowest BCUT2D eigenvalue weighted by Gasteiger charge is -2.26. The van der Waals surface area contributed by atoms with Crippen LogP contribution in [0.25, 0.3) is 0 Å². The largest absolute Gasteiger partial charge is 0.315 e. The van der Waals surface area contributed by atoms with Gasteiger partial charge in [0.25, 0.3) is 0 Å². The number of nitrogens with zero attached hydrogens (tertiary/aromatic N) is 2. The fourth-order valence-electron chi connectivity index (χ4n) is 2.11. The van der Waals surface area contributed by atoms with Crippen molar-refractivity contribution in [3.63, 3.8) is 0 Å². The maximum absolute atomic E-state index is 14.0. The average Bonchev–Trinajstić information content (AvgIpc) is 3.01. The number of thiocarbonyl (C=S) groups is 1. The van der Waals surface area contributed by atoms with Gasteiger partial charge in [0.2, 0.25) is 5.91 Å². The van der Waals surface area contributed by atoms with E-state index in [1.54, 1.807) is 19.1 Å². The molecule has 0 saturated heterocycles. The van der Waals surface area contributed by atoms with Gasteiger partial charge in [-0.15, -0.1) is 23.2 Å². The summed E-state index contributed by atoms with van der Waals surface area (Å²) in [5.41, 5.74) is -0.743. The van der Waals surface area contributed by atoms with Crippen LogP contribution < -0.4 is 10.2 Å². The molecule has 1 atom stereocenters. The minimum atomic E-state index is -1.12. The van der Waals surface area contributed by atoms with Crippen LogP contribution in [0.1, 0.15) is 19.8 Å². The summed E-state index contributed by atoms with van der Waals surface area (Å²) in [7, 11) is 0. The Hall–Kier alpha value is -1.42. The van der Waals surface area contributed by atoms with Crippen LogP contribution in [-0.2, 0) is 4.79 Å². The molecular formula is C15H14Cl2FN3OS. The maximum Gasteiger partial charge on any atom is 0.235 e. The van der Waals surface area contributed by atoms with E-state index < -0.39 is 21.5 Å². The Kier molecular flexibility index (Phi) is 5.14. The fourth-order valence-corrected chi connectivity index (χ4v) is 3.10. The summed E-state index contributed by atoms with van der Waals surface area (Å²) in [6.45, 7) is 1.79. The lowest BCUT2D eigenvalue weighted by molar-refractivity contribution is -0.124. The number of alkyl halides is 2. The predicted octanol–water partition coefficient (Wildman–Crippen LogP) is 3.53. The average molecular weight is 374 g/mol. The van der Waals surface area contributed by atoms with Gasteiger partial charge in [0.1, 0.15) is 10.2 Å². The van der Waals surface area contributed by atoms with Crippen molar-refractivity contribution in [3.8, 4) is 6.07 Å². The maximum atomic E-state index is 14.0. The number of benzene rings is 1. The number of para-hydroxylation sites is 1. The number of amides is 1. The Morgan fingerprint density at radius 1 is 1.52 bits per heavy atom. The number of hydrogen-bond acceptors (Lipinski definition) is 3. The number of carbonyl (C=O) groups excluding carboxylic acids is 1.